The Morgan fingerprint density at radius 3 is 2.52 bits per heavy atom. The van der Waals surface area contributed by atoms with E-state index in [1.165, 1.54) is 6.33 Å². The van der Waals surface area contributed by atoms with Gasteiger partial charge in [-0.3, -0.25) is 0 Å². The summed E-state index contributed by atoms with van der Waals surface area (Å²) in [5.41, 5.74) is 0.193. The second-order valence-electron chi connectivity index (χ2n) is 6.20. The molecular formula is C17H17F4N3O4S. The van der Waals surface area contributed by atoms with E-state index in [1.807, 2.05) is 0 Å². The number of benzene rings is 1. The van der Waals surface area contributed by atoms with Crippen LogP contribution in [-0.2, 0) is 16.4 Å². The van der Waals surface area contributed by atoms with Crippen LogP contribution in [0.4, 0.5) is 17.6 Å². The minimum Gasteiger partial charge on any atom is -0.471 e. The van der Waals surface area contributed by atoms with Crippen molar-refractivity contribution in [1.29, 1.82) is 0 Å². The lowest BCUT2D eigenvalue weighted by molar-refractivity contribution is -0.274. The topological polar surface area (TPSA) is 81.6 Å². The van der Waals surface area contributed by atoms with Crippen molar-refractivity contribution in [3.8, 4) is 11.6 Å². The van der Waals surface area contributed by atoms with Crippen LogP contribution in [-0.4, -0.2) is 48.2 Å². The summed E-state index contributed by atoms with van der Waals surface area (Å²) in [6, 6.07) is 3.91. The average Bonchev–Trinajstić information content (AvgIpc) is 3.12. The zero-order valence-electron chi connectivity index (χ0n) is 15.2. The fourth-order valence-electron chi connectivity index (χ4n) is 2.85. The van der Waals surface area contributed by atoms with Gasteiger partial charge in [-0.05, 0) is 37.1 Å². The van der Waals surface area contributed by atoms with Gasteiger partial charge >= 0.3 is 6.36 Å². The molecule has 1 aromatic carbocycles. The van der Waals surface area contributed by atoms with Gasteiger partial charge in [0.2, 0.25) is 15.8 Å². The molecule has 158 valence electrons. The van der Waals surface area contributed by atoms with Crippen molar-refractivity contribution in [2.45, 2.75) is 37.1 Å². The maximum Gasteiger partial charge on any atom is 0.573 e. The molecule has 1 atom stereocenters. The monoisotopic (exact) mass is 435 g/mol. The number of hydrogen-bond acceptors (Lipinski definition) is 6. The van der Waals surface area contributed by atoms with Crippen molar-refractivity contribution in [2.24, 2.45) is 0 Å². The van der Waals surface area contributed by atoms with Gasteiger partial charge in [-0.1, -0.05) is 6.92 Å². The SMILES string of the molecule is CCc1ncnc(O[C@H]2CCN(S(=O)(=O)c3ccc(OC(F)(F)F)cc3)C2)c1F. The van der Waals surface area contributed by atoms with Gasteiger partial charge in [0.15, 0.2) is 0 Å². The first-order chi connectivity index (χ1) is 13.6. The van der Waals surface area contributed by atoms with Crippen LogP contribution >= 0.6 is 0 Å². The van der Waals surface area contributed by atoms with Crippen LogP contribution in [0.5, 0.6) is 11.6 Å². The summed E-state index contributed by atoms with van der Waals surface area (Å²) >= 11 is 0. The highest BCUT2D eigenvalue weighted by molar-refractivity contribution is 7.89. The Morgan fingerprint density at radius 1 is 1.21 bits per heavy atom. The summed E-state index contributed by atoms with van der Waals surface area (Å²) < 4.78 is 86.6. The van der Waals surface area contributed by atoms with Crippen LogP contribution in [0.3, 0.4) is 0 Å². The van der Waals surface area contributed by atoms with E-state index in [0.29, 0.717) is 12.8 Å². The quantitative estimate of drug-likeness (QED) is 0.649. The predicted octanol–water partition coefficient (Wildman–Crippen LogP) is 2.92. The molecule has 0 radical (unpaired) electrons. The number of sulfonamides is 1. The molecule has 1 fully saturated rings. The van der Waals surface area contributed by atoms with E-state index in [-0.39, 0.29) is 29.6 Å². The van der Waals surface area contributed by atoms with E-state index in [4.69, 9.17) is 4.74 Å². The third-order valence-electron chi connectivity index (χ3n) is 4.25. The van der Waals surface area contributed by atoms with E-state index in [9.17, 15) is 26.0 Å². The zero-order chi connectivity index (χ0) is 21.2. The Morgan fingerprint density at radius 2 is 1.90 bits per heavy atom. The van der Waals surface area contributed by atoms with Crippen molar-refractivity contribution in [3.05, 3.63) is 42.1 Å². The molecule has 2 heterocycles. The molecule has 7 nitrogen and oxygen atoms in total. The maximum atomic E-state index is 14.2. The van der Waals surface area contributed by atoms with Crippen molar-refractivity contribution in [2.75, 3.05) is 13.1 Å². The molecule has 2 aromatic rings. The van der Waals surface area contributed by atoms with E-state index < -0.39 is 34.1 Å². The third-order valence-corrected chi connectivity index (χ3v) is 6.13. The summed E-state index contributed by atoms with van der Waals surface area (Å²) in [6.45, 7) is 1.79. The van der Waals surface area contributed by atoms with E-state index >= 15 is 0 Å². The number of nitrogens with zero attached hydrogens (tertiary/aromatic N) is 3. The highest BCUT2D eigenvalue weighted by atomic mass is 32.2. The summed E-state index contributed by atoms with van der Waals surface area (Å²) in [6.07, 6.45) is -3.66. The van der Waals surface area contributed by atoms with E-state index in [0.717, 1.165) is 28.6 Å². The lowest BCUT2D eigenvalue weighted by Crippen LogP contribution is -2.31. The molecule has 0 unspecified atom stereocenters. The largest absolute Gasteiger partial charge is 0.573 e. The lowest BCUT2D eigenvalue weighted by atomic mass is 10.3. The Kier molecular flexibility index (Phi) is 5.94. The Hall–Kier alpha value is -2.47. The predicted molar refractivity (Wildman–Crippen MR) is 92.3 cm³/mol. The third kappa shape index (κ3) is 4.93. The Labute approximate surface area is 164 Å². The smallest absolute Gasteiger partial charge is 0.471 e. The number of aromatic nitrogens is 2. The Bertz CT molecular complexity index is 968. The van der Waals surface area contributed by atoms with Crippen molar-refractivity contribution >= 4 is 10.0 Å². The second kappa shape index (κ2) is 8.11. The molecular weight excluding hydrogens is 418 g/mol. The summed E-state index contributed by atoms with van der Waals surface area (Å²) in [7, 11) is -3.96. The van der Waals surface area contributed by atoms with Gasteiger partial charge in [0, 0.05) is 6.54 Å². The van der Waals surface area contributed by atoms with Crippen LogP contribution in [0.1, 0.15) is 19.0 Å². The van der Waals surface area contributed by atoms with Crippen LogP contribution < -0.4 is 9.47 Å². The molecule has 12 heteroatoms. The van der Waals surface area contributed by atoms with Crippen LogP contribution in [0.15, 0.2) is 35.5 Å². The molecule has 29 heavy (non-hydrogen) atoms. The molecule has 1 aliphatic rings. The molecule has 1 aliphatic heterocycles. The van der Waals surface area contributed by atoms with Gasteiger partial charge in [0.05, 0.1) is 17.1 Å². The molecule has 0 saturated carbocycles. The minimum atomic E-state index is -4.87. The van der Waals surface area contributed by atoms with E-state index in [2.05, 4.69) is 14.7 Å². The first-order valence-corrected chi connectivity index (χ1v) is 10.1. The molecule has 1 saturated heterocycles. The number of hydrogen-bond donors (Lipinski definition) is 0. The minimum absolute atomic E-state index is 0.0476. The van der Waals surface area contributed by atoms with Crippen molar-refractivity contribution in [1.82, 2.24) is 14.3 Å². The van der Waals surface area contributed by atoms with Gasteiger partial charge in [0.1, 0.15) is 18.2 Å². The van der Waals surface area contributed by atoms with Gasteiger partial charge in [-0.2, -0.15) is 13.7 Å². The molecule has 1 aromatic heterocycles. The number of alkyl halides is 3. The van der Waals surface area contributed by atoms with E-state index in [1.54, 1.807) is 6.92 Å². The van der Waals surface area contributed by atoms with Crippen LogP contribution in [0.2, 0.25) is 0 Å². The number of aryl methyl sites for hydroxylation is 1. The maximum absolute atomic E-state index is 14.2. The molecule has 3 rings (SSSR count). The molecule has 0 bridgehead atoms. The summed E-state index contributed by atoms with van der Waals surface area (Å²) in [5.74, 6) is -1.45. The van der Waals surface area contributed by atoms with Gasteiger partial charge in [-0.25, -0.2) is 13.4 Å². The van der Waals surface area contributed by atoms with Crippen molar-refractivity contribution < 1.29 is 35.5 Å². The first-order valence-electron chi connectivity index (χ1n) is 8.62. The molecule has 0 amide bonds. The average molecular weight is 435 g/mol. The lowest BCUT2D eigenvalue weighted by Gasteiger charge is -2.17. The second-order valence-corrected chi connectivity index (χ2v) is 8.14. The van der Waals surface area contributed by atoms with Gasteiger partial charge in [-0.15, -0.1) is 13.2 Å². The fourth-order valence-corrected chi connectivity index (χ4v) is 4.34. The molecule has 0 N–H and O–H groups in total. The van der Waals surface area contributed by atoms with Crippen molar-refractivity contribution in [3.63, 3.8) is 0 Å². The number of halogens is 4. The first kappa shape index (κ1) is 21.2. The highest BCUT2D eigenvalue weighted by Gasteiger charge is 2.35. The number of rotatable bonds is 6. The number of ether oxygens (including phenoxy) is 2. The van der Waals surface area contributed by atoms with Gasteiger partial charge in [0.25, 0.3) is 5.88 Å². The molecule has 0 spiro atoms. The zero-order valence-corrected chi connectivity index (χ0v) is 16.0. The van der Waals surface area contributed by atoms with Gasteiger partial charge < -0.3 is 9.47 Å². The Balaban J connectivity index is 1.69. The van der Waals surface area contributed by atoms with Crippen LogP contribution in [0, 0.1) is 5.82 Å². The summed E-state index contributed by atoms with van der Waals surface area (Å²) in [4.78, 5) is 7.37. The molecule has 0 aliphatic carbocycles. The normalized spacial score (nSPS) is 18.0. The van der Waals surface area contributed by atoms with Crippen LogP contribution in [0.25, 0.3) is 0 Å². The standard InChI is InChI=1S/C17H17F4N3O4S/c1-2-14-15(18)16(23-10-22-14)27-12-7-8-24(9-12)29(25,26)13-5-3-11(4-6-13)28-17(19,20)21/h3-6,10,12H,2,7-9H2,1H3/t12-/m0/s1. The summed E-state index contributed by atoms with van der Waals surface area (Å²) in [5, 5.41) is 0. The fraction of sp³-hybridized carbons (Fsp3) is 0.412. The highest BCUT2D eigenvalue weighted by Crippen LogP contribution is 2.28.